The quantitative estimate of drug-likeness (QED) is 0.127. The van der Waals surface area contributed by atoms with Crippen LogP contribution in [0, 0.1) is 17.8 Å². The number of fused-ring (bicyclic) bond motifs is 1. The van der Waals surface area contributed by atoms with Crippen LogP contribution in [-0.2, 0) is 17.7 Å². The van der Waals surface area contributed by atoms with E-state index >= 15 is 0 Å². The Balaban J connectivity index is 0.000000317. The molecule has 0 amide bonds. The predicted molar refractivity (Wildman–Crippen MR) is 231 cm³/mol. The third kappa shape index (κ3) is 14.9. The van der Waals surface area contributed by atoms with Crippen molar-refractivity contribution in [2.75, 3.05) is 5.32 Å². The molecule has 3 aliphatic rings. The molecule has 3 aliphatic carbocycles. The van der Waals surface area contributed by atoms with Gasteiger partial charge in [0.1, 0.15) is 0 Å². The predicted octanol–water partition coefficient (Wildman–Crippen LogP) is 9.45. The second-order valence-corrected chi connectivity index (χ2v) is 15.7. The Morgan fingerprint density at radius 1 is 0.981 bits per heavy atom. The topological polar surface area (TPSA) is 57.4 Å². The molecule has 1 N–H and O–H groups in total. The number of allylic oxidation sites excluding steroid dienone is 1. The zero-order chi connectivity index (χ0) is 38.9. The summed E-state index contributed by atoms with van der Waals surface area (Å²) in [7, 11) is 0. The van der Waals surface area contributed by atoms with E-state index in [-0.39, 0.29) is 62.9 Å². The maximum absolute atomic E-state index is 12.6. The first-order chi connectivity index (χ1) is 25.5. The van der Waals surface area contributed by atoms with Gasteiger partial charge in [-0.1, -0.05) is 137 Å². The third-order valence-electron chi connectivity index (χ3n) is 10.9. The third-order valence-corrected chi connectivity index (χ3v) is 10.9. The van der Waals surface area contributed by atoms with E-state index in [2.05, 4.69) is 122 Å². The van der Waals surface area contributed by atoms with E-state index in [9.17, 15) is 4.79 Å². The molecule has 0 saturated heterocycles. The van der Waals surface area contributed by atoms with E-state index in [0.717, 1.165) is 48.9 Å². The number of pyridine rings is 1. The number of nitrogens with zero attached hydrogens (tertiary/aromatic N) is 2. The minimum absolute atomic E-state index is 0. The van der Waals surface area contributed by atoms with E-state index < -0.39 is 0 Å². The second-order valence-electron chi connectivity index (χ2n) is 15.7. The number of hydrogen-bond donors (Lipinski definition) is 1. The van der Waals surface area contributed by atoms with Crippen LogP contribution < -0.4 is 72.7 Å². The van der Waals surface area contributed by atoms with Gasteiger partial charge in [0.25, 0.3) is 0 Å². The molecule has 2 aromatic carbocycles. The van der Waals surface area contributed by atoms with Crippen molar-refractivity contribution in [2.24, 2.45) is 17.8 Å². The molecule has 5 atom stereocenters. The van der Waals surface area contributed by atoms with Gasteiger partial charge >= 0.3 is 51.4 Å². The van der Waals surface area contributed by atoms with Gasteiger partial charge in [-0.2, -0.15) is 0 Å². The summed E-state index contributed by atoms with van der Waals surface area (Å²) in [6.07, 6.45) is 20.0. The molecule has 2 saturated carbocycles. The summed E-state index contributed by atoms with van der Waals surface area (Å²) in [6, 6.07) is 15.5. The fraction of sp³-hybridized carbons (Fsp3) is 0.562. The van der Waals surface area contributed by atoms with Crippen LogP contribution in [0.4, 0.5) is 11.4 Å². The van der Waals surface area contributed by atoms with Gasteiger partial charge in [0, 0.05) is 33.7 Å². The van der Waals surface area contributed by atoms with Gasteiger partial charge in [-0.15, -0.1) is 0 Å². The van der Waals surface area contributed by atoms with Gasteiger partial charge in [-0.05, 0) is 123 Å². The molecule has 3 aromatic rings. The van der Waals surface area contributed by atoms with Crippen molar-refractivity contribution in [1.29, 1.82) is 0 Å². The average Bonchev–Trinajstić information content (AvgIpc) is 3.75. The normalized spacial score (nSPS) is 20.5. The van der Waals surface area contributed by atoms with Crippen molar-refractivity contribution in [3.05, 3.63) is 104 Å². The maximum atomic E-state index is 12.6. The summed E-state index contributed by atoms with van der Waals surface area (Å²) in [5, 5.41) is 4.76. The van der Waals surface area contributed by atoms with Crippen molar-refractivity contribution in [3.63, 3.8) is 0 Å². The van der Waals surface area contributed by atoms with Crippen LogP contribution in [0.5, 0.6) is 0 Å². The van der Waals surface area contributed by atoms with Crippen LogP contribution in [0.15, 0.2) is 65.7 Å². The Kier molecular flexibility index (Phi) is 22.6. The standard InChI is InChI=1S/C21H23N2O2.C20H31N.C4H10.C3H8.K/c1-4-18-14(3)23(17-9-8-15-6-5-7-16(15)11-17)12-19(21(18)24)22-25-20-10-13(20)2;1-5-16(3)17(4)21-20-11-7-10-19(14-20)18-9-6-8-15(2)12-13-18;1-3-4-2;1-3-2;/h4,8-9,11-13,20H,3,5-7,10H2,1-2H3;7,10-11,14-16,18,21H,4-6,8-9,12-13H2,1-3H3;3-4H2,1-2H3;3H2,1-2H3;/q-1;;;;+1/b18-4+;;;;. The smallest absolute Gasteiger partial charge is 0.557 e. The maximum Gasteiger partial charge on any atom is 1.00 e. The first-order valence-corrected chi connectivity index (χ1v) is 21.0. The minimum Gasteiger partial charge on any atom is -0.557 e. The molecule has 0 bridgehead atoms. The number of rotatable bonds is 10. The summed E-state index contributed by atoms with van der Waals surface area (Å²) < 4.78 is 1.95. The van der Waals surface area contributed by atoms with Crippen molar-refractivity contribution >= 4 is 24.0 Å². The van der Waals surface area contributed by atoms with E-state index in [4.69, 9.17) is 4.84 Å². The number of aryl methyl sites for hydroxylation is 2. The zero-order valence-electron chi connectivity index (χ0n) is 35.9. The Bertz CT molecular complexity index is 1750. The molecule has 2 fully saturated rings. The van der Waals surface area contributed by atoms with Gasteiger partial charge < -0.3 is 20.2 Å². The van der Waals surface area contributed by atoms with Crippen LogP contribution in [0.25, 0.3) is 23.8 Å². The molecule has 6 heteroatoms. The van der Waals surface area contributed by atoms with Crippen molar-refractivity contribution in [1.82, 2.24) is 4.57 Å². The average molecular weight is 762 g/mol. The second kappa shape index (κ2) is 25.3. The molecule has 1 heterocycles. The van der Waals surface area contributed by atoms with Crippen LogP contribution in [0.3, 0.4) is 0 Å². The Morgan fingerprint density at radius 3 is 2.30 bits per heavy atom. The summed E-state index contributed by atoms with van der Waals surface area (Å²) in [6.45, 7) is 27.7. The monoisotopic (exact) mass is 762 g/mol. The van der Waals surface area contributed by atoms with Gasteiger partial charge in [0.15, 0.2) is 5.43 Å². The number of unbranched alkanes of at least 4 members (excludes halogenated alkanes) is 1. The van der Waals surface area contributed by atoms with Crippen molar-refractivity contribution in [2.45, 2.75) is 158 Å². The number of nitrogens with one attached hydrogen (secondary N) is 1. The summed E-state index contributed by atoms with van der Waals surface area (Å²) in [4.78, 5) is 18.2. The Hall–Kier alpha value is -1.93. The molecule has 6 rings (SSSR count). The van der Waals surface area contributed by atoms with E-state index in [1.807, 2.05) is 11.5 Å². The molecule has 0 aliphatic heterocycles. The molecule has 292 valence electrons. The van der Waals surface area contributed by atoms with Crippen LogP contribution >= 0.6 is 0 Å². The molecule has 1 aromatic heterocycles. The van der Waals surface area contributed by atoms with Crippen LogP contribution in [0.2, 0.25) is 0 Å². The first kappa shape index (κ1) is 48.2. The molecule has 5 nitrogen and oxygen atoms in total. The van der Waals surface area contributed by atoms with E-state index in [1.54, 1.807) is 12.3 Å². The first-order valence-electron chi connectivity index (χ1n) is 21.0. The molecular formula is C48H72KN3O2. The van der Waals surface area contributed by atoms with Crippen LogP contribution in [-0.4, -0.2) is 10.7 Å². The van der Waals surface area contributed by atoms with Crippen LogP contribution in [0.1, 0.15) is 156 Å². The molecular weight excluding hydrogens is 690 g/mol. The van der Waals surface area contributed by atoms with E-state index in [1.165, 1.54) is 80.2 Å². The molecule has 0 radical (unpaired) electrons. The number of benzene rings is 2. The summed E-state index contributed by atoms with van der Waals surface area (Å²) >= 11 is 0. The van der Waals surface area contributed by atoms with Gasteiger partial charge in [0.05, 0.1) is 0 Å². The number of aromatic nitrogens is 1. The van der Waals surface area contributed by atoms with Gasteiger partial charge in [-0.3, -0.25) is 4.79 Å². The summed E-state index contributed by atoms with van der Waals surface area (Å²) in [5.74, 6) is 2.69. The molecule has 54 heavy (non-hydrogen) atoms. The molecule has 5 unspecified atom stereocenters. The Morgan fingerprint density at radius 2 is 1.67 bits per heavy atom. The van der Waals surface area contributed by atoms with Crippen molar-refractivity contribution in [3.8, 4) is 5.69 Å². The number of hydrogen-bond acceptors (Lipinski definition) is 3. The zero-order valence-corrected chi connectivity index (χ0v) is 39.0. The van der Waals surface area contributed by atoms with Gasteiger partial charge in [0.2, 0.25) is 0 Å². The Labute approximate surface area is 371 Å². The fourth-order valence-corrected chi connectivity index (χ4v) is 6.76. The van der Waals surface area contributed by atoms with Crippen molar-refractivity contribution < 1.29 is 56.2 Å². The minimum atomic E-state index is -0.127. The van der Waals surface area contributed by atoms with E-state index in [0.29, 0.717) is 28.1 Å². The fourth-order valence-electron chi connectivity index (χ4n) is 6.76. The number of anilines is 1. The molecule has 0 spiro atoms. The SMILES string of the molecule is C=C(Nc1cccc(C2CCCC(C)CC2)c1)C(C)CC.C=c1/c(=C\C)c(=O)c([N-]OC2CC2C)cn1-c1ccc2c(c1)CCC2.CCC.CCCC.[K+]. The largest absolute Gasteiger partial charge is 1.00 e. The van der Waals surface area contributed by atoms with Gasteiger partial charge in [-0.25, -0.2) is 0 Å². The summed E-state index contributed by atoms with van der Waals surface area (Å²) in [5.41, 5.74) is 12.0.